The van der Waals surface area contributed by atoms with Crippen LogP contribution < -0.4 is 0 Å². The first-order valence-electron chi connectivity index (χ1n) is 3.27. The number of hydrogen-bond acceptors (Lipinski definition) is 1. The molecule has 0 unspecified atom stereocenters. The summed E-state index contributed by atoms with van der Waals surface area (Å²) in [4.78, 5) is 3.72. The van der Waals surface area contributed by atoms with Crippen molar-refractivity contribution >= 4 is 33.6 Å². The third kappa shape index (κ3) is 2.57. The van der Waals surface area contributed by atoms with E-state index in [4.69, 9.17) is 11.6 Å². The summed E-state index contributed by atoms with van der Waals surface area (Å²) in [6.07, 6.45) is 4.46. The van der Waals surface area contributed by atoms with Gasteiger partial charge >= 0.3 is 0 Å². The van der Waals surface area contributed by atoms with Crippen LogP contribution in [-0.2, 0) is 0 Å². The van der Waals surface area contributed by atoms with Crippen LogP contribution in [0.1, 0.15) is 5.56 Å². The van der Waals surface area contributed by atoms with Crippen molar-refractivity contribution in [2.24, 2.45) is 0 Å². The van der Waals surface area contributed by atoms with E-state index in [0.29, 0.717) is 16.0 Å². The van der Waals surface area contributed by atoms with Crippen molar-refractivity contribution < 1.29 is 4.39 Å². The molecule has 0 N–H and O–H groups in total. The minimum Gasteiger partial charge on any atom is -0.246 e. The molecule has 0 saturated heterocycles. The Morgan fingerprint density at radius 2 is 2.42 bits per heavy atom. The van der Waals surface area contributed by atoms with Crippen molar-refractivity contribution in [2.75, 3.05) is 5.88 Å². The molecule has 1 rings (SSSR count). The van der Waals surface area contributed by atoms with E-state index < -0.39 is 0 Å². The Labute approximate surface area is 83.4 Å². The van der Waals surface area contributed by atoms with Crippen molar-refractivity contribution in [3.8, 4) is 0 Å². The summed E-state index contributed by atoms with van der Waals surface area (Å²) in [5.41, 5.74) is 0.484. The number of aromatic nitrogens is 1. The molecule has 0 spiro atoms. The van der Waals surface area contributed by atoms with Gasteiger partial charge < -0.3 is 0 Å². The van der Waals surface area contributed by atoms with Crippen molar-refractivity contribution in [1.82, 2.24) is 4.98 Å². The molecule has 0 aliphatic carbocycles. The summed E-state index contributed by atoms with van der Waals surface area (Å²) >= 11 is 8.55. The Bertz CT molecular complexity index is 301. The summed E-state index contributed by atoms with van der Waals surface area (Å²) < 4.78 is 13.5. The van der Waals surface area contributed by atoms with Crippen LogP contribution in [0.4, 0.5) is 4.39 Å². The molecule has 64 valence electrons. The fourth-order valence-electron chi connectivity index (χ4n) is 0.727. The predicted octanol–water partition coefficient (Wildman–Crippen LogP) is 3.24. The molecule has 0 amide bonds. The summed E-state index contributed by atoms with van der Waals surface area (Å²) in [6.45, 7) is 0. The molecule has 0 aliphatic heterocycles. The topological polar surface area (TPSA) is 12.9 Å². The van der Waals surface area contributed by atoms with E-state index in [1.807, 2.05) is 0 Å². The molecule has 0 aromatic carbocycles. The molecule has 0 fully saturated rings. The standard InChI is InChI=1S/C8H6BrClFN/c9-8-4-6(2-1-3-10)7(11)5-12-8/h1-2,4-5H,3H2. The monoisotopic (exact) mass is 249 g/mol. The third-order valence-corrected chi connectivity index (χ3v) is 1.85. The lowest BCUT2D eigenvalue weighted by molar-refractivity contribution is 0.617. The largest absolute Gasteiger partial charge is 0.246 e. The Balaban J connectivity index is 2.97. The van der Waals surface area contributed by atoms with Crippen LogP contribution in [0.15, 0.2) is 22.9 Å². The Hall–Kier alpha value is -0.410. The molecule has 1 aromatic rings. The normalized spacial score (nSPS) is 10.9. The first-order chi connectivity index (χ1) is 5.74. The summed E-state index contributed by atoms with van der Waals surface area (Å²) in [7, 11) is 0. The van der Waals surface area contributed by atoms with Crippen molar-refractivity contribution in [3.05, 3.63) is 34.3 Å². The van der Waals surface area contributed by atoms with Gasteiger partial charge in [-0.05, 0) is 22.0 Å². The Morgan fingerprint density at radius 1 is 1.67 bits per heavy atom. The molecule has 0 bridgehead atoms. The maximum absolute atomic E-state index is 12.9. The van der Waals surface area contributed by atoms with Gasteiger partial charge in [-0.15, -0.1) is 11.6 Å². The highest BCUT2D eigenvalue weighted by Gasteiger charge is 1.98. The van der Waals surface area contributed by atoms with Gasteiger partial charge in [-0.2, -0.15) is 0 Å². The average molecular weight is 250 g/mol. The van der Waals surface area contributed by atoms with E-state index in [1.165, 1.54) is 0 Å². The predicted molar refractivity (Wildman–Crippen MR) is 51.6 cm³/mol. The number of pyridine rings is 1. The van der Waals surface area contributed by atoms with Crippen LogP contribution in [0.25, 0.3) is 6.08 Å². The minimum atomic E-state index is -0.348. The molecule has 0 atom stereocenters. The van der Waals surface area contributed by atoms with Gasteiger partial charge in [0.15, 0.2) is 0 Å². The van der Waals surface area contributed by atoms with Gasteiger partial charge in [0, 0.05) is 11.4 Å². The lowest BCUT2D eigenvalue weighted by atomic mass is 10.2. The van der Waals surface area contributed by atoms with Crippen LogP contribution in [0, 0.1) is 5.82 Å². The molecule has 0 aliphatic rings. The molecule has 0 saturated carbocycles. The summed E-state index contributed by atoms with van der Waals surface area (Å²) in [5, 5.41) is 0. The number of rotatable bonds is 2. The second-order valence-electron chi connectivity index (χ2n) is 2.09. The van der Waals surface area contributed by atoms with Crippen molar-refractivity contribution in [2.45, 2.75) is 0 Å². The highest BCUT2D eigenvalue weighted by Crippen LogP contribution is 2.13. The fraction of sp³-hybridized carbons (Fsp3) is 0.125. The van der Waals surface area contributed by atoms with Gasteiger partial charge in [-0.1, -0.05) is 12.2 Å². The second kappa shape index (κ2) is 4.58. The number of hydrogen-bond donors (Lipinski definition) is 0. The maximum Gasteiger partial charge on any atom is 0.148 e. The molecule has 0 radical (unpaired) electrons. The van der Waals surface area contributed by atoms with Gasteiger partial charge in [0.25, 0.3) is 0 Å². The Morgan fingerprint density at radius 3 is 3.08 bits per heavy atom. The van der Waals surface area contributed by atoms with E-state index >= 15 is 0 Å². The number of alkyl halides is 1. The highest BCUT2D eigenvalue weighted by molar-refractivity contribution is 9.10. The van der Waals surface area contributed by atoms with Crippen LogP contribution in [0.5, 0.6) is 0 Å². The molecule has 12 heavy (non-hydrogen) atoms. The first-order valence-corrected chi connectivity index (χ1v) is 4.60. The lowest BCUT2D eigenvalue weighted by Crippen LogP contribution is -1.84. The first kappa shape index (κ1) is 9.68. The van der Waals surface area contributed by atoms with Gasteiger partial charge in [0.2, 0.25) is 0 Å². The fourth-order valence-corrected chi connectivity index (χ4v) is 1.16. The number of halogens is 3. The number of nitrogens with zero attached hydrogens (tertiary/aromatic N) is 1. The quantitative estimate of drug-likeness (QED) is 0.580. The number of allylic oxidation sites excluding steroid dienone is 1. The highest BCUT2D eigenvalue weighted by atomic mass is 79.9. The molecule has 1 nitrogen and oxygen atoms in total. The van der Waals surface area contributed by atoms with Crippen molar-refractivity contribution in [1.29, 1.82) is 0 Å². The van der Waals surface area contributed by atoms with Gasteiger partial charge in [0.05, 0.1) is 6.20 Å². The second-order valence-corrected chi connectivity index (χ2v) is 3.21. The lowest BCUT2D eigenvalue weighted by Gasteiger charge is -1.95. The van der Waals surface area contributed by atoms with E-state index in [9.17, 15) is 4.39 Å². The molecule has 1 heterocycles. The summed E-state index contributed by atoms with van der Waals surface area (Å²) in [5.74, 6) is 0.0268. The smallest absolute Gasteiger partial charge is 0.148 e. The Kier molecular flexibility index (Phi) is 3.69. The van der Waals surface area contributed by atoms with Gasteiger partial charge in [0.1, 0.15) is 10.4 Å². The van der Waals surface area contributed by atoms with E-state index in [0.717, 1.165) is 6.20 Å². The zero-order chi connectivity index (χ0) is 8.97. The third-order valence-electron chi connectivity index (χ3n) is 1.24. The van der Waals surface area contributed by atoms with Crippen LogP contribution in [0.2, 0.25) is 0 Å². The molecule has 4 heteroatoms. The van der Waals surface area contributed by atoms with Gasteiger partial charge in [-0.25, -0.2) is 9.37 Å². The molecular weight excluding hydrogens is 244 g/mol. The SMILES string of the molecule is Fc1cnc(Br)cc1C=CCCl. The van der Waals surface area contributed by atoms with Gasteiger partial charge in [-0.3, -0.25) is 0 Å². The molecule has 1 aromatic heterocycles. The van der Waals surface area contributed by atoms with Crippen LogP contribution >= 0.6 is 27.5 Å². The summed E-state index contributed by atoms with van der Waals surface area (Å²) in [6, 6.07) is 1.60. The zero-order valence-corrected chi connectivity index (χ0v) is 8.44. The van der Waals surface area contributed by atoms with E-state index in [-0.39, 0.29) is 5.82 Å². The van der Waals surface area contributed by atoms with Crippen LogP contribution in [-0.4, -0.2) is 10.9 Å². The van der Waals surface area contributed by atoms with Crippen molar-refractivity contribution in [3.63, 3.8) is 0 Å². The van der Waals surface area contributed by atoms with E-state index in [2.05, 4.69) is 20.9 Å². The van der Waals surface area contributed by atoms with Crippen LogP contribution in [0.3, 0.4) is 0 Å². The maximum atomic E-state index is 12.9. The zero-order valence-electron chi connectivity index (χ0n) is 6.10. The average Bonchev–Trinajstić information content (AvgIpc) is 2.07. The minimum absolute atomic E-state index is 0.348. The van der Waals surface area contributed by atoms with E-state index in [1.54, 1.807) is 18.2 Å². The molecular formula is C8H6BrClFN.